The van der Waals surface area contributed by atoms with Crippen molar-refractivity contribution in [2.75, 3.05) is 11.9 Å². The highest BCUT2D eigenvalue weighted by atomic mass is 79.9. The van der Waals surface area contributed by atoms with Crippen LogP contribution in [0.15, 0.2) is 41.0 Å². The largest absolute Gasteiger partial charge is 0.385 e. The Morgan fingerprint density at radius 1 is 1.30 bits per heavy atom. The fraction of sp³-hybridized carbons (Fsp3) is 0.250. The number of carbonyl (C=O) groups excluding carboxylic acids is 1. The Labute approximate surface area is 126 Å². The Morgan fingerprint density at radius 3 is 3.00 bits per heavy atom. The summed E-state index contributed by atoms with van der Waals surface area (Å²) < 4.78 is 0.925. The summed E-state index contributed by atoms with van der Waals surface area (Å²) >= 11 is 3.34. The van der Waals surface area contributed by atoms with Gasteiger partial charge in [0, 0.05) is 34.2 Å². The maximum Gasteiger partial charge on any atom is 0.168 e. The number of ketones is 1. The average Bonchev–Trinajstić information content (AvgIpc) is 2.49. The van der Waals surface area contributed by atoms with Crippen LogP contribution in [-0.2, 0) is 12.8 Å². The van der Waals surface area contributed by atoms with Crippen molar-refractivity contribution < 1.29 is 4.79 Å². The third-order valence-corrected chi connectivity index (χ3v) is 3.96. The second kappa shape index (κ2) is 5.75. The van der Waals surface area contributed by atoms with Gasteiger partial charge in [-0.25, -0.2) is 0 Å². The quantitative estimate of drug-likeness (QED) is 0.874. The molecule has 1 aliphatic heterocycles. The predicted octanol–water partition coefficient (Wildman–Crippen LogP) is 3.63. The molecule has 0 saturated heterocycles. The van der Waals surface area contributed by atoms with Crippen molar-refractivity contribution in [2.45, 2.75) is 19.3 Å². The van der Waals surface area contributed by atoms with Gasteiger partial charge in [0.2, 0.25) is 0 Å². The lowest BCUT2D eigenvalue weighted by molar-refractivity contribution is 0.0992. The molecule has 0 atom stereocenters. The van der Waals surface area contributed by atoms with Crippen LogP contribution in [0.3, 0.4) is 0 Å². The van der Waals surface area contributed by atoms with E-state index < -0.39 is 0 Å². The van der Waals surface area contributed by atoms with Crippen LogP contribution in [0.5, 0.6) is 0 Å². The highest BCUT2D eigenvalue weighted by Crippen LogP contribution is 2.23. The number of pyridine rings is 1. The normalized spacial score (nSPS) is 13.4. The van der Waals surface area contributed by atoms with Gasteiger partial charge in [-0.1, -0.05) is 0 Å². The summed E-state index contributed by atoms with van der Waals surface area (Å²) in [5, 5.41) is 3.36. The monoisotopic (exact) mass is 330 g/mol. The van der Waals surface area contributed by atoms with Crippen molar-refractivity contribution in [1.29, 1.82) is 0 Å². The summed E-state index contributed by atoms with van der Waals surface area (Å²) in [6.45, 7) is 1.02. The van der Waals surface area contributed by atoms with Crippen LogP contribution in [0.2, 0.25) is 0 Å². The van der Waals surface area contributed by atoms with Gasteiger partial charge >= 0.3 is 0 Å². The molecular formula is C16H15BrN2O. The van der Waals surface area contributed by atoms with Crippen molar-refractivity contribution in [1.82, 2.24) is 4.98 Å². The highest BCUT2D eigenvalue weighted by Gasteiger charge is 2.13. The first-order valence-corrected chi connectivity index (χ1v) is 7.52. The van der Waals surface area contributed by atoms with Crippen molar-refractivity contribution in [3.8, 4) is 0 Å². The number of halogens is 1. The summed E-state index contributed by atoms with van der Waals surface area (Å²) in [6, 6.07) is 9.71. The molecule has 1 aromatic heterocycles. The molecule has 3 nitrogen and oxygen atoms in total. The third-order valence-electron chi connectivity index (χ3n) is 3.50. The first-order valence-electron chi connectivity index (χ1n) is 6.73. The molecule has 3 rings (SSSR count). The van der Waals surface area contributed by atoms with E-state index >= 15 is 0 Å². The predicted molar refractivity (Wildman–Crippen MR) is 83.2 cm³/mol. The minimum absolute atomic E-state index is 0.119. The number of aryl methyl sites for hydroxylation is 1. The molecule has 0 saturated carbocycles. The number of aromatic nitrogens is 1. The number of rotatable bonds is 3. The molecule has 0 unspecified atom stereocenters. The summed E-state index contributed by atoms with van der Waals surface area (Å²) in [5.74, 6) is 0.119. The molecule has 0 spiro atoms. The topological polar surface area (TPSA) is 42.0 Å². The Morgan fingerprint density at radius 2 is 2.20 bits per heavy atom. The van der Waals surface area contributed by atoms with Crippen LogP contribution in [0.1, 0.15) is 28.0 Å². The summed E-state index contributed by atoms with van der Waals surface area (Å²) in [5.41, 5.74) is 3.98. The van der Waals surface area contributed by atoms with Gasteiger partial charge in [-0.15, -0.1) is 0 Å². The van der Waals surface area contributed by atoms with Crippen molar-refractivity contribution >= 4 is 27.4 Å². The zero-order valence-corrected chi connectivity index (χ0v) is 12.6. The van der Waals surface area contributed by atoms with Gasteiger partial charge in [-0.2, -0.15) is 0 Å². The van der Waals surface area contributed by atoms with E-state index in [1.165, 1.54) is 5.56 Å². The molecule has 0 amide bonds. The lowest BCUT2D eigenvalue weighted by Gasteiger charge is -2.18. The molecule has 2 heterocycles. The average molecular weight is 331 g/mol. The standard InChI is InChI=1S/C16H15BrN2O/c17-13-4-5-14(19-10-13)9-16(20)12-3-6-15-11(8-12)2-1-7-18-15/h3-6,8,10,18H,1-2,7,9H2. The fourth-order valence-corrected chi connectivity index (χ4v) is 2.66. The minimum atomic E-state index is 0.119. The number of nitrogens with zero attached hydrogens (tertiary/aromatic N) is 1. The van der Waals surface area contributed by atoms with Gasteiger partial charge in [0.05, 0.1) is 6.42 Å². The van der Waals surface area contributed by atoms with E-state index in [2.05, 4.69) is 26.2 Å². The van der Waals surface area contributed by atoms with Crippen molar-refractivity contribution in [3.63, 3.8) is 0 Å². The molecule has 1 aromatic carbocycles. The van der Waals surface area contributed by atoms with Crippen LogP contribution in [0, 0.1) is 0 Å². The Balaban J connectivity index is 1.78. The first kappa shape index (κ1) is 13.3. The van der Waals surface area contributed by atoms with Gasteiger partial charge in [0.25, 0.3) is 0 Å². The molecule has 0 bridgehead atoms. The molecule has 0 radical (unpaired) electrons. The van der Waals surface area contributed by atoms with E-state index in [4.69, 9.17) is 0 Å². The molecule has 1 aliphatic rings. The van der Waals surface area contributed by atoms with Crippen LogP contribution >= 0.6 is 15.9 Å². The van der Waals surface area contributed by atoms with Crippen molar-refractivity contribution in [3.05, 3.63) is 57.8 Å². The minimum Gasteiger partial charge on any atom is -0.385 e. The first-order chi connectivity index (χ1) is 9.72. The van der Waals surface area contributed by atoms with Gasteiger partial charge < -0.3 is 5.32 Å². The van der Waals surface area contributed by atoms with E-state index in [1.54, 1.807) is 6.20 Å². The zero-order valence-electron chi connectivity index (χ0n) is 11.0. The molecule has 4 heteroatoms. The van der Waals surface area contributed by atoms with Crippen molar-refractivity contribution in [2.24, 2.45) is 0 Å². The van der Waals surface area contributed by atoms with Gasteiger partial charge in [-0.05, 0) is 64.7 Å². The van der Waals surface area contributed by atoms with Crippen LogP contribution in [-0.4, -0.2) is 17.3 Å². The van der Waals surface area contributed by atoms with Gasteiger partial charge in [0.15, 0.2) is 5.78 Å². The number of benzene rings is 1. The fourth-order valence-electron chi connectivity index (χ4n) is 2.43. The molecule has 102 valence electrons. The number of carbonyl (C=O) groups is 1. The van der Waals surface area contributed by atoms with Crippen LogP contribution < -0.4 is 5.32 Å². The molecule has 2 aromatic rings. The number of nitrogens with one attached hydrogen (secondary N) is 1. The zero-order chi connectivity index (χ0) is 13.9. The molecule has 20 heavy (non-hydrogen) atoms. The third kappa shape index (κ3) is 2.90. The lowest BCUT2D eigenvalue weighted by Crippen LogP contribution is -2.13. The lowest BCUT2D eigenvalue weighted by atomic mass is 9.98. The number of hydrogen-bond acceptors (Lipinski definition) is 3. The smallest absolute Gasteiger partial charge is 0.168 e. The number of anilines is 1. The maximum atomic E-state index is 12.3. The second-order valence-corrected chi connectivity index (χ2v) is 5.89. The number of fused-ring (bicyclic) bond motifs is 1. The summed E-state index contributed by atoms with van der Waals surface area (Å²) in [6.07, 6.45) is 4.23. The van der Waals surface area contributed by atoms with Gasteiger partial charge in [-0.3, -0.25) is 9.78 Å². The number of hydrogen-bond donors (Lipinski definition) is 1. The van der Waals surface area contributed by atoms with Crippen LogP contribution in [0.4, 0.5) is 5.69 Å². The van der Waals surface area contributed by atoms with Gasteiger partial charge in [0.1, 0.15) is 0 Å². The Kier molecular flexibility index (Phi) is 3.83. The summed E-state index contributed by atoms with van der Waals surface area (Å²) in [7, 11) is 0. The van der Waals surface area contributed by atoms with E-state index in [9.17, 15) is 4.79 Å². The molecular weight excluding hydrogens is 316 g/mol. The van der Waals surface area contributed by atoms with E-state index in [0.29, 0.717) is 6.42 Å². The van der Waals surface area contributed by atoms with E-state index in [-0.39, 0.29) is 5.78 Å². The molecule has 1 N–H and O–H groups in total. The second-order valence-electron chi connectivity index (χ2n) is 4.97. The highest BCUT2D eigenvalue weighted by molar-refractivity contribution is 9.10. The molecule has 0 fully saturated rings. The van der Waals surface area contributed by atoms with Crippen LogP contribution in [0.25, 0.3) is 0 Å². The maximum absolute atomic E-state index is 12.3. The summed E-state index contributed by atoms with van der Waals surface area (Å²) in [4.78, 5) is 16.6. The van der Waals surface area contributed by atoms with E-state index in [0.717, 1.165) is 40.8 Å². The Hall–Kier alpha value is -1.68. The Bertz CT molecular complexity index is 637. The SMILES string of the molecule is O=C(Cc1ccc(Br)cn1)c1ccc2c(c1)CCCN2. The number of Topliss-reactive ketones (excluding diaryl/α,β-unsaturated/α-hetero) is 1. The molecule has 0 aliphatic carbocycles. The van der Waals surface area contributed by atoms with E-state index in [1.807, 2.05) is 30.3 Å².